The van der Waals surface area contributed by atoms with Gasteiger partial charge in [-0.2, -0.15) is 0 Å². The van der Waals surface area contributed by atoms with E-state index < -0.39 is 22.6 Å². The maximum Gasteiger partial charge on any atom is 0.351 e. The molecule has 0 saturated heterocycles. The fraction of sp³-hybridized carbons (Fsp3) is 0.214. The van der Waals surface area contributed by atoms with Crippen LogP contribution in [0.5, 0.6) is 0 Å². The van der Waals surface area contributed by atoms with Gasteiger partial charge in [-0.05, 0) is 6.92 Å². The number of benzene rings is 1. The van der Waals surface area contributed by atoms with Gasteiger partial charge in [0.15, 0.2) is 0 Å². The number of carboxylic acid groups (broad SMARTS) is 1. The average Bonchev–Trinajstić information content (AvgIpc) is 2.80. The van der Waals surface area contributed by atoms with Gasteiger partial charge >= 0.3 is 11.7 Å². The van der Waals surface area contributed by atoms with Crippen LogP contribution in [-0.2, 0) is 11.8 Å². The lowest BCUT2D eigenvalue weighted by atomic mass is 9.99. The van der Waals surface area contributed by atoms with Gasteiger partial charge in [-0.15, -0.1) is 5.10 Å². The minimum atomic E-state index is -1.22. The van der Waals surface area contributed by atoms with Crippen LogP contribution in [0, 0.1) is 10.1 Å². The maximum absolute atomic E-state index is 12.4. The number of carbonyl (C=O) groups is 1. The lowest BCUT2D eigenvalue weighted by molar-refractivity contribution is -0.384. The summed E-state index contributed by atoms with van der Waals surface area (Å²) in [7, 11) is 1.44. The van der Waals surface area contributed by atoms with E-state index in [1.165, 1.54) is 31.3 Å². The van der Waals surface area contributed by atoms with Crippen LogP contribution in [-0.4, -0.2) is 36.4 Å². The van der Waals surface area contributed by atoms with Gasteiger partial charge in [0.2, 0.25) is 5.95 Å². The van der Waals surface area contributed by atoms with Crippen LogP contribution in [0.1, 0.15) is 12.5 Å². The molecule has 2 heterocycles. The van der Waals surface area contributed by atoms with E-state index in [1.807, 2.05) is 0 Å². The number of hydrogen-bond acceptors (Lipinski definition) is 6. The first-order valence-corrected chi connectivity index (χ1v) is 6.96. The van der Waals surface area contributed by atoms with Gasteiger partial charge in [-0.25, -0.2) is 18.8 Å². The molecule has 0 saturated carbocycles. The summed E-state index contributed by atoms with van der Waals surface area (Å²) < 4.78 is 2.18. The number of nitrogens with zero attached hydrogens (tertiary/aromatic N) is 4. The van der Waals surface area contributed by atoms with Crippen molar-refractivity contribution in [3.8, 4) is 0 Å². The lowest BCUT2D eigenvalue weighted by Crippen LogP contribution is -2.35. The van der Waals surface area contributed by atoms with Crippen molar-refractivity contribution in [1.82, 2.24) is 14.3 Å². The van der Waals surface area contributed by atoms with Crippen LogP contribution in [0.4, 0.5) is 11.6 Å². The van der Waals surface area contributed by atoms with E-state index in [1.54, 1.807) is 6.92 Å². The van der Waals surface area contributed by atoms with Gasteiger partial charge in [0.1, 0.15) is 0 Å². The van der Waals surface area contributed by atoms with E-state index in [4.69, 9.17) is 0 Å². The van der Waals surface area contributed by atoms with E-state index in [0.717, 1.165) is 9.25 Å². The summed E-state index contributed by atoms with van der Waals surface area (Å²) >= 11 is 0. The molecule has 1 unspecified atom stereocenters. The molecule has 0 fully saturated rings. The highest BCUT2D eigenvalue weighted by Gasteiger charge is 2.33. The normalized spacial score (nSPS) is 16.5. The van der Waals surface area contributed by atoms with Gasteiger partial charge in [-0.1, -0.05) is 12.1 Å². The number of nitro groups is 1. The summed E-state index contributed by atoms with van der Waals surface area (Å²) in [6, 6.07) is 4.85. The molecule has 1 aliphatic rings. The maximum atomic E-state index is 12.4. The summed E-state index contributed by atoms with van der Waals surface area (Å²) in [5, 5.41) is 27.4. The minimum Gasteiger partial charge on any atom is -0.478 e. The topological polar surface area (TPSA) is 132 Å². The quantitative estimate of drug-likeness (QED) is 0.623. The zero-order chi connectivity index (χ0) is 17.6. The Kier molecular flexibility index (Phi) is 3.44. The Morgan fingerprint density at radius 1 is 1.46 bits per heavy atom. The first-order chi connectivity index (χ1) is 11.3. The summed E-state index contributed by atoms with van der Waals surface area (Å²) in [5.74, 6) is -1.04. The van der Waals surface area contributed by atoms with E-state index in [9.17, 15) is 24.8 Å². The third-order valence-corrected chi connectivity index (χ3v) is 3.74. The Labute approximate surface area is 134 Å². The van der Waals surface area contributed by atoms with Crippen molar-refractivity contribution >= 4 is 23.3 Å². The molecule has 1 aromatic carbocycles. The number of nitro benzene ring substituents is 1. The van der Waals surface area contributed by atoms with E-state index in [-0.39, 0.29) is 28.5 Å². The van der Waals surface area contributed by atoms with Crippen molar-refractivity contribution in [2.24, 2.45) is 7.05 Å². The summed E-state index contributed by atoms with van der Waals surface area (Å²) in [6.45, 7) is 1.61. The number of hydrogen-bond donors (Lipinski definition) is 2. The van der Waals surface area contributed by atoms with Gasteiger partial charge in [0.25, 0.3) is 5.69 Å². The standard InChI is InChI=1S/C14H13N5O5/c1-7-10(12(20)21)11(8-4-3-5-9(6-8)19(23)24)18-13(15-7)16-17(2)14(18)22/h3-7H,1-2H3,(H,15,16)(H,20,21). The number of aromatic nitrogens is 3. The molecule has 0 spiro atoms. The lowest BCUT2D eigenvalue weighted by Gasteiger charge is -2.25. The zero-order valence-electron chi connectivity index (χ0n) is 12.8. The predicted octanol–water partition coefficient (Wildman–Crippen LogP) is 0.648. The molecule has 10 nitrogen and oxygen atoms in total. The van der Waals surface area contributed by atoms with Gasteiger partial charge < -0.3 is 10.4 Å². The van der Waals surface area contributed by atoms with Crippen LogP contribution in [0.15, 0.2) is 34.6 Å². The number of aliphatic carboxylic acids is 1. The highest BCUT2D eigenvalue weighted by molar-refractivity contribution is 5.99. The average molecular weight is 331 g/mol. The van der Waals surface area contributed by atoms with Crippen molar-refractivity contribution in [3.05, 3.63) is 56.0 Å². The number of aryl methyl sites for hydroxylation is 1. The van der Waals surface area contributed by atoms with Gasteiger partial charge in [-0.3, -0.25) is 10.1 Å². The Morgan fingerprint density at radius 3 is 2.79 bits per heavy atom. The van der Waals surface area contributed by atoms with Crippen molar-refractivity contribution in [2.45, 2.75) is 13.0 Å². The van der Waals surface area contributed by atoms with E-state index >= 15 is 0 Å². The molecular weight excluding hydrogens is 318 g/mol. The zero-order valence-corrected chi connectivity index (χ0v) is 12.8. The predicted molar refractivity (Wildman–Crippen MR) is 83.6 cm³/mol. The second-order valence-electron chi connectivity index (χ2n) is 5.31. The molecule has 124 valence electrons. The molecule has 24 heavy (non-hydrogen) atoms. The molecule has 1 aromatic heterocycles. The fourth-order valence-corrected chi connectivity index (χ4v) is 2.69. The van der Waals surface area contributed by atoms with Gasteiger partial charge in [0.05, 0.1) is 22.2 Å². The Hall–Kier alpha value is -3.43. The molecule has 0 amide bonds. The second kappa shape index (κ2) is 5.33. The van der Waals surface area contributed by atoms with Crippen LogP contribution >= 0.6 is 0 Å². The Balaban J connectivity index is 2.37. The van der Waals surface area contributed by atoms with Crippen molar-refractivity contribution in [1.29, 1.82) is 0 Å². The molecular formula is C14H13N5O5. The Morgan fingerprint density at radius 2 is 2.17 bits per heavy atom. The van der Waals surface area contributed by atoms with Crippen molar-refractivity contribution < 1.29 is 14.8 Å². The van der Waals surface area contributed by atoms with Crippen LogP contribution in [0.25, 0.3) is 5.70 Å². The smallest absolute Gasteiger partial charge is 0.351 e. The number of rotatable bonds is 3. The fourth-order valence-electron chi connectivity index (χ4n) is 2.69. The molecule has 0 radical (unpaired) electrons. The largest absolute Gasteiger partial charge is 0.478 e. The number of fused-ring (bicyclic) bond motifs is 1. The summed E-state index contributed by atoms with van der Waals surface area (Å²) in [5.41, 5.74) is -0.492. The molecule has 10 heteroatoms. The minimum absolute atomic E-state index is 0.0712. The van der Waals surface area contributed by atoms with Crippen molar-refractivity contribution in [3.63, 3.8) is 0 Å². The molecule has 0 aliphatic carbocycles. The number of nitrogens with one attached hydrogen (secondary N) is 1. The third-order valence-electron chi connectivity index (χ3n) is 3.74. The van der Waals surface area contributed by atoms with Gasteiger partial charge in [0, 0.05) is 24.7 Å². The molecule has 2 aromatic rings. The van der Waals surface area contributed by atoms with Crippen LogP contribution in [0.2, 0.25) is 0 Å². The Bertz CT molecular complexity index is 955. The molecule has 1 atom stereocenters. The third kappa shape index (κ3) is 2.24. The first kappa shape index (κ1) is 15.5. The van der Waals surface area contributed by atoms with Crippen LogP contribution < -0.4 is 11.0 Å². The highest BCUT2D eigenvalue weighted by Crippen LogP contribution is 2.31. The number of non-ortho nitro benzene ring substituents is 1. The first-order valence-electron chi connectivity index (χ1n) is 6.96. The molecule has 0 bridgehead atoms. The second-order valence-corrected chi connectivity index (χ2v) is 5.31. The van der Waals surface area contributed by atoms with Crippen molar-refractivity contribution in [2.75, 3.05) is 5.32 Å². The molecule has 2 N–H and O–H groups in total. The molecule has 1 aliphatic heterocycles. The summed E-state index contributed by atoms with van der Waals surface area (Å²) in [4.78, 5) is 34.5. The van der Waals surface area contributed by atoms with E-state index in [0.29, 0.717) is 0 Å². The molecule has 3 rings (SSSR count). The summed E-state index contributed by atoms with van der Waals surface area (Å²) in [6.07, 6.45) is 0. The number of anilines is 1. The van der Waals surface area contributed by atoms with Crippen LogP contribution in [0.3, 0.4) is 0 Å². The number of carboxylic acids is 1. The highest BCUT2D eigenvalue weighted by atomic mass is 16.6. The monoisotopic (exact) mass is 331 g/mol. The van der Waals surface area contributed by atoms with E-state index in [2.05, 4.69) is 10.4 Å². The SMILES string of the molecule is CC1Nc2nn(C)c(=O)n2C(c2cccc([N+](=O)[O-])c2)=C1C(=O)O.